The third-order valence-corrected chi connectivity index (χ3v) is 4.80. The number of carbonyl (C=O) groups excluding carboxylic acids is 3. The molecule has 1 aromatic carbocycles. The van der Waals surface area contributed by atoms with Gasteiger partial charge in [-0.25, -0.2) is 4.79 Å². The molecule has 0 aliphatic heterocycles. The van der Waals surface area contributed by atoms with E-state index in [9.17, 15) is 14.4 Å². The van der Waals surface area contributed by atoms with Gasteiger partial charge in [-0.05, 0) is 42.7 Å². The summed E-state index contributed by atoms with van der Waals surface area (Å²) in [5.74, 6) is -0.353. The highest BCUT2D eigenvalue weighted by Gasteiger charge is 2.15. The second kappa shape index (κ2) is 10.3. The van der Waals surface area contributed by atoms with Crippen molar-refractivity contribution < 1.29 is 18.8 Å². The SMILES string of the molecule is O=C(CNC(=O)NC1CCCCC1)NCc1ccc(NC(=O)c2ccco2)cc1. The van der Waals surface area contributed by atoms with E-state index in [0.29, 0.717) is 12.2 Å². The first-order valence-electron chi connectivity index (χ1n) is 9.85. The zero-order valence-electron chi connectivity index (χ0n) is 16.2. The Morgan fingerprint density at radius 3 is 2.41 bits per heavy atom. The summed E-state index contributed by atoms with van der Waals surface area (Å²) in [5.41, 5.74) is 1.50. The van der Waals surface area contributed by atoms with Gasteiger partial charge in [-0.2, -0.15) is 0 Å². The van der Waals surface area contributed by atoms with Gasteiger partial charge in [0.1, 0.15) is 0 Å². The van der Waals surface area contributed by atoms with E-state index in [2.05, 4.69) is 21.3 Å². The van der Waals surface area contributed by atoms with Crippen LogP contribution in [0.2, 0.25) is 0 Å². The van der Waals surface area contributed by atoms with Crippen molar-refractivity contribution in [2.45, 2.75) is 44.7 Å². The van der Waals surface area contributed by atoms with Crippen molar-refractivity contribution in [1.29, 1.82) is 0 Å². The number of rotatable bonds is 7. The summed E-state index contributed by atoms with van der Waals surface area (Å²) in [6.07, 6.45) is 6.93. The number of hydrogen-bond acceptors (Lipinski definition) is 4. The van der Waals surface area contributed by atoms with Gasteiger partial charge >= 0.3 is 6.03 Å². The van der Waals surface area contributed by atoms with Crippen LogP contribution in [-0.2, 0) is 11.3 Å². The molecule has 1 aromatic heterocycles. The summed E-state index contributed by atoms with van der Waals surface area (Å²) in [5, 5.41) is 11.0. The Morgan fingerprint density at radius 1 is 0.966 bits per heavy atom. The predicted molar refractivity (Wildman–Crippen MR) is 108 cm³/mol. The molecule has 0 atom stereocenters. The maximum atomic E-state index is 11.9. The lowest BCUT2D eigenvalue weighted by molar-refractivity contribution is -0.120. The molecule has 2 aromatic rings. The van der Waals surface area contributed by atoms with E-state index >= 15 is 0 Å². The van der Waals surface area contributed by atoms with E-state index < -0.39 is 0 Å². The molecule has 1 aliphatic rings. The van der Waals surface area contributed by atoms with Crippen LogP contribution in [0.5, 0.6) is 0 Å². The first-order chi connectivity index (χ1) is 14.1. The van der Waals surface area contributed by atoms with Crippen molar-refractivity contribution in [3.8, 4) is 0 Å². The highest BCUT2D eigenvalue weighted by Crippen LogP contribution is 2.17. The molecule has 0 unspecified atom stereocenters. The van der Waals surface area contributed by atoms with Crippen molar-refractivity contribution >= 4 is 23.5 Å². The van der Waals surface area contributed by atoms with Crippen LogP contribution in [0.25, 0.3) is 0 Å². The molecule has 1 heterocycles. The second-order valence-electron chi connectivity index (χ2n) is 7.07. The van der Waals surface area contributed by atoms with Crippen molar-refractivity contribution in [3.63, 3.8) is 0 Å². The molecule has 8 nitrogen and oxygen atoms in total. The lowest BCUT2D eigenvalue weighted by Gasteiger charge is -2.22. The lowest BCUT2D eigenvalue weighted by atomic mass is 9.96. The van der Waals surface area contributed by atoms with Gasteiger partial charge in [-0.1, -0.05) is 31.4 Å². The zero-order valence-corrected chi connectivity index (χ0v) is 16.2. The molecule has 0 spiro atoms. The van der Waals surface area contributed by atoms with E-state index in [1.165, 1.54) is 12.7 Å². The van der Waals surface area contributed by atoms with E-state index in [4.69, 9.17) is 4.42 Å². The van der Waals surface area contributed by atoms with Crippen LogP contribution in [-0.4, -0.2) is 30.4 Å². The first-order valence-corrected chi connectivity index (χ1v) is 9.85. The highest BCUT2D eigenvalue weighted by atomic mass is 16.3. The minimum absolute atomic E-state index is 0.0736. The summed E-state index contributed by atoms with van der Waals surface area (Å²) in [6, 6.07) is 10.2. The number of amides is 4. The molecular formula is C21H26N4O4. The predicted octanol–water partition coefficient (Wildman–Crippen LogP) is 2.78. The number of furan rings is 1. The number of nitrogens with one attached hydrogen (secondary N) is 4. The van der Waals surface area contributed by atoms with Crippen molar-refractivity contribution in [2.75, 3.05) is 11.9 Å². The van der Waals surface area contributed by atoms with Crippen LogP contribution in [0.15, 0.2) is 47.1 Å². The molecule has 0 bridgehead atoms. The third kappa shape index (κ3) is 6.67. The second-order valence-corrected chi connectivity index (χ2v) is 7.07. The third-order valence-electron chi connectivity index (χ3n) is 4.80. The Kier molecular flexibility index (Phi) is 7.27. The zero-order chi connectivity index (χ0) is 20.5. The summed E-state index contributed by atoms with van der Waals surface area (Å²) < 4.78 is 5.04. The topological polar surface area (TPSA) is 112 Å². The van der Waals surface area contributed by atoms with Gasteiger partial charge in [0.2, 0.25) is 5.91 Å². The smallest absolute Gasteiger partial charge is 0.315 e. The van der Waals surface area contributed by atoms with Gasteiger partial charge in [-0.15, -0.1) is 0 Å². The molecule has 4 amide bonds. The van der Waals surface area contributed by atoms with Gasteiger partial charge in [0, 0.05) is 18.3 Å². The quantitative estimate of drug-likeness (QED) is 0.574. The van der Waals surface area contributed by atoms with Gasteiger partial charge in [0.25, 0.3) is 5.91 Å². The summed E-state index contributed by atoms with van der Waals surface area (Å²) >= 11 is 0. The molecule has 0 radical (unpaired) electrons. The van der Waals surface area contributed by atoms with Crippen molar-refractivity contribution in [2.24, 2.45) is 0 Å². The summed E-state index contributed by atoms with van der Waals surface area (Å²) in [7, 11) is 0. The first kappa shape index (κ1) is 20.4. The largest absolute Gasteiger partial charge is 0.459 e. The van der Waals surface area contributed by atoms with E-state index in [1.54, 1.807) is 36.4 Å². The molecule has 4 N–H and O–H groups in total. The van der Waals surface area contributed by atoms with Crippen LogP contribution in [0, 0.1) is 0 Å². The standard InChI is InChI=1S/C21H26N4O4/c26-19(14-23-21(28)25-16-5-2-1-3-6-16)22-13-15-8-10-17(11-9-15)24-20(27)18-7-4-12-29-18/h4,7-12,16H,1-3,5-6,13-14H2,(H,22,26)(H,24,27)(H2,23,25,28). The Hall–Kier alpha value is -3.29. The maximum absolute atomic E-state index is 11.9. The van der Waals surface area contributed by atoms with Crippen LogP contribution >= 0.6 is 0 Å². The number of hydrogen-bond donors (Lipinski definition) is 4. The van der Waals surface area contributed by atoms with E-state index in [-0.39, 0.29) is 36.2 Å². The minimum atomic E-state index is -0.325. The van der Waals surface area contributed by atoms with Crippen LogP contribution in [0.4, 0.5) is 10.5 Å². The fourth-order valence-corrected chi connectivity index (χ4v) is 3.21. The average molecular weight is 398 g/mol. The molecule has 1 fully saturated rings. The Bertz CT molecular complexity index is 812. The number of anilines is 1. The van der Waals surface area contributed by atoms with E-state index in [0.717, 1.165) is 31.2 Å². The molecule has 8 heteroatoms. The highest BCUT2D eigenvalue weighted by molar-refractivity contribution is 6.02. The van der Waals surface area contributed by atoms with Gasteiger partial charge in [0.15, 0.2) is 5.76 Å². The number of urea groups is 1. The van der Waals surface area contributed by atoms with Crippen LogP contribution in [0.3, 0.4) is 0 Å². The van der Waals surface area contributed by atoms with Crippen LogP contribution in [0.1, 0.15) is 48.2 Å². The van der Waals surface area contributed by atoms with Crippen molar-refractivity contribution in [1.82, 2.24) is 16.0 Å². The normalized spacial score (nSPS) is 14.1. The van der Waals surface area contributed by atoms with Gasteiger partial charge in [-0.3, -0.25) is 9.59 Å². The van der Waals surface area contributed by atoms with Crippen LogP contribution < -0.4 is 21.3 Å². The Balaban J connectivity index is 1.35. The fraction of sp³-hybridized carbons (Fsp3) is 0.381. The lowest BCUT2D eigenvalue weighted by Crippen LogP contribution is -2.46. The van der Waals surface area contributed by atoms with Gasteiger partial charge < -0.3 is 25.7 Å². The summed E-state index contributed by atoms with van der Waals surface area (Å²) in [6.45, 7) is 0.257. The average Bonchev–Trinajstić information content (AvgIpc) is 3.28. The molecule has 29 heavy (non-hydrogen) atoms. The number of benzene rings is 1. The monoisotopic (exact) mass is 398 g/mol. The molecule has 0 saturated heterocycles. The number of carbonyl (C=O) groups is 3. The molecule has 1 aliphatic carbocycles. The molecule has 154 valence electrons. The molecule has 3 rings (SSSR count). The maximum Gasteiger partial charge on any atom is 0.315 e. The Morgan fingerprint density at radius 2 is 1.72 bits per heavy atom. The van der Waals surface area contributed by atoms with E-state index in [1.807, 2.05) is 0 Å². The minimum Gasteiger partial charge on any atom is -0.459 e. The van der Waals surface area contributed by atoms with Crippen molar-refractivity contribution in [3.05, 3.63) is 54.0 Å². The summed E-state index contributed by atoms with van der Waals surface area (Å²) in [4.78, 5) is 35.7. The molecule has 1 saturated carbocycles. The molecular weight excluding hydrogens is 372 g/mol. The Labute approximate surface area is 169 Å². The fourth-order valence-electron chi connectivity index (χ4n) is 3.21. The van der Waals surface area contributed by atoms with Gasteiger partial charge in [0.05, 0.1) is 12.8 Å².